The lowest BCUT2D eigenvalue weighted by Crippen LogP contribution is -1.92. The van der Waals surface area contributed by atoms with E-state index >= 15 is 0 Å². The van der Waals surface area contributed by atoms with Crippen molar-refractivity contribution in [1.82, 2.24) is 15.2 Å². The van der Waals surface area contributed by atoms with Crippen molar-refractivity contribution in [3.8, 4) is 11.5 Å². The Labute approximate surface area is 119 Å². The fourth-order valence-corrected chi connectivity index (χ4v) is 1.53. The molecule has 0 bridgehead atoms. The van der Waals surface area contributed by atoms with Gasteiger partial charge in [0.1, 0.15) is 5.82 Å². The van der Waals surface area contributed by atoms with Crippen LogP contribution in [-0.4, -0.2) is 15.2 Å². The lowest BCUT2D eigenvalue weighted by atomic mass is 10.2. The highest BCUT2D eigenvalue weighted by Gasteiger charge is 2.17. The molecule has 9 heteroatoms. The number of aromatic nitrogens is 3. The molecule has 0 spiro atoms. The van der Waals surface area contributed by atoms with Gasteiger partial charge in [0.25, 0.3) is 5.89 Å². The molecule has 18 heavy (non-hydrogen) atoms. The average Bonchev–Trinajstić information content (AvgIpc) is 2.78. The molecular weight excluding hydrogens is 383 g/mol. The molecule has 0 aromatic carbocycles. The molecule has 0 saturated heterocycles. The normalized spacial score (nSPS) is 10.5. The van der Waals surface area contributed by atoms with Crippen LogP contribution in [0.15, 0.2) is 16.7 Å². The van der Waals surface area contributed by atoms with E-state index in [2.05, 4.69) is 35.5 Å². The van der Waals surface area contributed by atoms with E-state index in [0.717, 1.165) is 6.07 Å². The van der Waals surface area contributed by atoms with Crippen LogP contribution in [-0.2, 0) is 5.33 Å². The highest BCUT2D eigenvalue weighted by molar-refractivity contribution is 9.08. The minimum atomic E-state index is -2.85. The first-order chi connectivity index (χ1) is 8.11. The van der Waals surface area contributed by atoms with E-state index in [9.17, 15) is 13.2 Å². The molecule has 2 heterocycles. The second-order valence-electron chi connectivity index (χ2n) is 3.03. The van der Waals surface area contributed by atoms with Crippen LogP contribution < -0.4 is 0 Å². The van der Waals surface area contributed by atoms with Crippen LogP contribution in [0.5, 0.6) is 0 Å². The van der Waals surface area contributed by atoms with E-state index in [1.54, 1.807) is 0 Å². The summed E-state index contributed by atoms with van der Waals surface area (Å²) in [4.78, 5) is 3.79. The van der Waals surface area contributed by atoms with Crippen molar-refractivity contribution < 1.29 is 17.6 Å². The number of alkyl halides is 3. The van der Waals surface area contributed by atoms with Crippen molar-refractivity contribution in [2.45, 2.75) is 11.8 Å². The Kier molecular flexibility index (Phi) is 5.27. The molecule has 0 atom stereocenters. The molecule has 0 aliphatic rings. The van der Waals surface area contributed by atoms with Gasteiger partial charge < -0.3 is 4.42 Å². The van der Waals surface area contributed by atoms with E-state index in [1.165, 1.54) is 6.20 Å². The molecule has 0 fully saturated rings. The van der Waals surface area contributed by atoms with Crippen molar-refractivity contribution in [1.29, 1.82) is 0 Å². The molecule has 0 amide bonds. The molecule has 0 unspecified atom stereocenters. The number of nitrogens with zero attached hydrogens (tertiary/aromatic N) is 3. The van der Waals surface area contributed by atoms with E-state index < -0.39 is 18.1 Å². The zero-order valence-corrected chi connectivity index (χ0v) is 11.9. The largest absolute Gasteiger partial charge is 0.415 e. The maximum absolute atomic E-state index is 13.4. The van der Waals surface area contributed by atoms with Crippen LogP contribution in [0.1, 0.15) is 18.0 Å². The summed E-state index contributed by atoms with van der Waals surface area (Å²) in [5.41, 5.74) is 0.369. The van der Waals surface area contributed by atoms with Crippen LogP contribution in [0.3, 0.4) is 0 Å². The van der Waals surface area contributed by atoms with Gasteiger partial charge in [-0.15, -0.1) is 27.2 Å². The molecule has 4 nitrogen and oxygen atoms in total. The molecule has 98 valence electrons. The quantitative estimate of drug-likeness (QED) is 0.752. The first kappa shape index (κ1) is 15.1. The van der Waals surface area contributed by atoms with Gasteiger partial charge in [-0.05, 0) is 6.07 Å². The number of halogens is 5. The third kappa shape index (κ3) is 3.08. The van der Waals surface area contributed by atoms with E-state index in [0.29, 0.717) is 0 Å². The topological polar surface area (TPSA) is 51.8 Å². The maximum Gasteiger partial charge on any atom is 0.314 e. The molecule has 2 aromatic rings. The Balaban J connectivity index is 0.00000162. The Bertz CT molecular complexity index is 536. The highest BCUT2D eigenvalue weighted by Crippen LogP contribution is 2.23. The zero-order chi connectivity index (χ0) is 12.4. The van der Waals surface area contributed by atoms with E-state index in [1.807, 2.05) is 0 Å². The minimum Gasteiger partial charge on any atom is -0.415 e. The van der Waals surface area contributed by atoms with Gasteiger partial charge >= 0.3 is 6.43 Å². The second-order valence-corrected chi connectivity index (χ2v) is 3.59. The number of rotatable bonds is 3. The van der Waals surface area contributed by atoms with Gasteiger partial charge in [-0.3, -0.25) is 4.98 Å². The van der Waals surface area contributed by atoms with Gasteiger partial charge in [0.15, 0.2) is 0 Å². The summed E-state index contributed by atoms with van der Waals surface area (Å²) < 4.78 is 42.4. The smallest absolute Gasteiger partial charge is 0.314 e. The summed E-state index contributed by atoms with van der Waals surface area (Å²) in [7, 11) is 0. The SMILES string of the molecule is Br.Fc1cc(-c2nnc(C(F)F)o2)cnc1CBr. The number of hydrogen-bond donors (Lipinski definition) is 0. The molecule has 0 radical (unpaired) electrons. The van der Waals surface area contributed by atoms with Gasteiger partial charge in [0, 0.05) is 11.5 Å². The highest BCUT2D eigenvalue weighted by atomic mass is 79.9. The van der Waals surface area contributed by atoms with Crippen molar-refractivity contribution in [3.05, 3.63) is 29.7 Å². The second kappa shape index (κ2) is 6.28. The molecular formula is C9H6Br2F3N3O. The van der Waals surface area contributed by atoms with Gasteiger partial charge in [-0.2, -0.15) is 8.78 Å². The third-order valence-corrected chi connectivity index (χ3v) is 2.45. The van der Waals surface area contributed by atoms with Gasteiger partial charge in [0.2, 0.25) is 5.89 Å². The fraction of sp³-hybridized carbons (Fsp3) is 0.222. The van der Waals surface area contributed by atoms with Crippen LogP contribution in [0.25, 0.3) is 11.5 Å². The van der Waals surface area contributed by atoms with Crippen LogP contribution in [0.4, 0.5) is 13.2 Å². The summed E-state index contributed by atoms with van der Waals surface area (Å²) in [6.45, 7) is 0. The summed E-state index contributed by atoms with van der Waals surface area (Å²) in [5, 5.41) is 6.78. The fourth-order valence-electron chi connectivity index (χ4n) is 1.12. The average molecular weight is 389 g/mol. The molecule has 0 N–H and O–H groups in total. The van der Waals surface area contributed by atoms with Crippen LogP contribution in [0.2, 0.25) is 0 Å². The minimum absolute atomic E-state index is 0. The van der Waals surface area contributed by atoms with E-state index in [4.69, 9.17) is 0 Å². The molecule has 2 rings (SSSR count). The third-order valence-electron chi connectivity index (χ3n) is 1.92. The molecule has 0 aliphatic heterocycles. The van der Waals surface area contributed by atoms with Gasteiger partial charge in [-0.25, -0.2) is 4.39 Å². The molecule has 2 aromatic heterocycles. The maximum atomic E-state index is 13.4. The lowest BCUT2D eigenvalue weighted by molar-refractivity contribution is 0.116. The first-order valence-electron chi connectivity index (χ1n) is 4.44. The van der Waals surface area contributed by atoms with Crippen LogP contribution in [0, 0.1) is 5.82 Å². The molecule has 0 aliphatic carbocycles. The van der Waals surface area contributed by atoms with Crippen molar-refractivity contribution in [2.75, 3.05) is 0 Å². The van der Waals surface area contributed by atoms with Crippen molar-refractivity contribution in [2.24, 2.45) is 0 Å². The van der Waals surface area contributed by atoms with Crippen molar-refractivity contribution in [3.63, 3.8) is 0 Å². The van der Waals surface area contributed by atoms with E-state index in [-0.39, 0.29) is 39.5 Å². The predicted octanol–water partition coefficient (Wildman–Crippen LogP) is 3.68. The number of hydrogen-bond acceptors (Lipinski definition) is 4. The van der Waals surface area contributed by atoms with Gasteiger partial charge in [-0.1, -0.05) is 15.9 Å². The monoisotopic (exact) mass is 387 g/mol. The summed E-state index contributed by atoms with van der Waals surface area (Å²) >= 11 is 3.06. The zero-order valence-electron chi connectivity index (χ0n) is 8.61. The summed E-state index contributed by atoms with van der Waals surface area (Å²) in [6.07, 6.45) is -1.57. The predicted molar refractivity (Wildman–Crippen MR) is 65.4 cm³/mol. The van der Waals surface area contributed by atoms with Crippen molar-refractivity contribution >= 4 is 32.9 Å². The Morgan fingerprint density at radius 3 is 2.56 bits per heavy atom. The Morgan fingerprint density at radius 1 is 1.33 bits per heavy atom. The standard InChI is InChI=1S/C9H5BrF3N3O.BrH/c10-2-6-5(11)1-4(3-14-6)8-15-16-9(17-8)7(12)13;/h1,3,7H,2H2;1H. The molecule has 0 saturated carbocycles. The Morgan fingerprint density at radius 2 is 2.06 bits per heavy atom. The lowest BCUT2D eigenvalue weighted by Gasteiger charge is -1.99. The number of pyridine rings is 1. The summed E-state index contributed by atoms with van der Waals surface area (Å²) in [6, 6.07) is 1.10. The van der Waals surface area contributed by atoms with Crippen LogP contribution >= 0.6 is 32.9 Å². The van der Waals surface area contributed by atoms with Gasteiger partial charge in [0.05, 0.1) is 11.3 Å². The Hall–Kier alpha value is -0.960. The first-order valence-corrected chi connectivity index (χ1v) is 5.56. The summed E-state index contributed by atoms with van der Waals surface area (Å²) in [5.74, 6) is -1.56.